The van der Waals surface area contributed by atoms with Crippen molar-refractivity contribution in [2.24, 2.45) is 5.92 Å². The van der Waals surface area contributed by atoms with Crippen LogP contribution in [0.1, 0.15) is 25.0 Å². The third-order valence-electron chi connectivity index (χ3n) is 6.81. The molecule has 0 bridgehead atoms. The Bertz CT molecular complexity index is 1500. The Morgan fingerprint density at radius 1 is 0.811 bits per heavy atom. The van der Waals surface area contributed by atoms with E-state index in [1.165, 1.54) is 4.90 Å². The van der Waals surface area contributed by atoms with Gasteiger partial charge in [0, 0.05) is 11.6 Å². The number of fused-ring (bicyclic) bond motifs is 2. The van der Waals surface area contributed by atoms with E-state index in [1.807, 2.05) is 91.9 Å². The molecule has 0 saturated heterocycles. The summed E-state index contributed by atoms with van der Waals surface area (Å²) in [6, 6.07) is 27.4. The number of nitrogens with one attached hydrogen (secondary N) is 1. The number of carbonyl (C=O) groups is 3. The van der Waals surface area contributed by atoms with Crippen molar-refractivity contribution in [2.45, 2.75) is 33.4 Å². The summed E-state index contributed by atoms with van der Waals surface area (Å²) in [5.74, 6) is -1.69. The molecule has 1 atom stereocenters. The number of carbonyl (C=O) groups excluding carboxylic acids is 3. The maximum absolute atomic E-state index is 14.2. The van der Waals surface area contributed by atoms with Gasteiger partial charge in [-0.25, -0.2) is 0 Å². The average molecular weight is 492 g/mol. The van der Waals surface area contributed by atoms with Crippen molar-refractivity contribution in [3.63, 3.8) is 0 Å². The van der Waals surface area contributed by atoms with Crippen LogP contribution in [0.15, 0.2) is 91.0 Å². The summed E-state index contributed by atoms with van der Waals surface area (Å²) in [5, 5.41) is 4.86. The molecule has 0 aromatic heterocycles. The van der Waals surface area contributed by atoms with E-state index in [9.17, 15) is 14.4 Å². The van der Waals surface area contributed by atoms with Gasteiger partial charge in [0.2, 0.25) is 5.91 Å². The molecule has 1 aliphatic heterocycles. The minimum atomic E-state index is -1.36. The summed E-state index contributed by atoms with van der Waals surface area (Å²) in [4.78, 5) is 44.1. The smallest absolute Gasteiger partial charge is 0.264 e. The number of nitrogens with zero attached hydrogens (tertiary/aromatic N) is 2. The molecule has 4 aromatic carbocycles. The molecule has 5 rings (SSSR count). The molecule has 1 N–H and O–H groups in total. The van der Waals surface area contributed by atoms with Crippen molar-refractivity contribution in [1.29, 1.82) is 0 Å². The summed E-state index contributed by atoms with van der Waals surface area (Å²) < 4.78 is 0. The first-order valence-electron chi connectivity index (χ1n) is 12.4. The van der Waals surface area contributed by atoms with E-state index < -0.39 is 17.9 Å². The van der Waals surface area contributed by atoms with Crippen LogP contribution in [0.2, 0.25) is 0 Å². The van der Waals surface area contributed by atoms with Gasteiger partial charge in [-0.1, -0.05) is 80.6 Å². The fourth-order valence-corrected chi connectivity index (χ4v) is 4.76. The Labute approximate surface area is 216 Å². The van der Waals surface area contributed by atoms with Crippen LogP contribution in [0.5, 0.6) is 0 Å². The maximum Gasteiger partial charge on any atom is 0.264 e. The number of amides is 3. The minimum Gasteiger partial charge on any atom is -0.336 e. The van der Waals surface area contributed by atoms with Gasteiger partial charge in [0.05, 0.1) is 17.9 Å². The van der Waals surface area contributed by atoms with Crippen LogP contribution in [0.25, 0.3) is 10.8 Å². The number of benzene rings is 4. The third-order valence-corrected chi connectivity index (χ3v) is 6.81. The van der Waals surface area contributed by atoms with Crippen LogP contribution in [0.3, 0.4) is 0 Å². The standard InChI is InChI=1S/C31H29N3O3/c1-20(2)29(35)32-28-30(36)33(19-25-21(3)17-18-22-11-7-8-14-24(22)25)26-15-9-10-16-27(26)34(31(28)37)23-12-5-4-6-13-23/h4-18,20,28H,19H2,1-3H3,(H,32,35). The average Bonchev–Trinajstić information content (AvgIpc) is 2.99. The Kier molecular flexibility index (Phi) is 6.49. The highest BCUT2D eigenvalue weighted by molar-refractivity contribution is 6.23. The molecule has 0 saturated carbocycles. The lowest BCUT2D eigenvalue weighted by molar-refractivity contribution is -0.135. The number of hydrogen-bond acceptors (Lipinski definition) is 3. The van der Waals surface area contributed by atoms with E-state index in [0.717, 1.165) is 21.9 Å². The van der Waals surface area contributed by atoms with Crippen molar-refractivity contribution in [3.8, 4) is 0 Å². The number of para-hydroxylation sites is 3. The van der Waals surface area contributed by atoms with E-state index in [1.54, 1.807) is 18.7 Å². The van der Waals surface area contributed by atoms with Crippen molar-refractivity contribution in [2.75, 3.05) is 9.80 Å². The van der Waals surface area contributed by atoms with Gasteiger partial charge >= 0.3 is 0 Å². The van der Waals surface area contributed by atoms with Gasteiger partial charge in [-0.3, -0.25) is 19.3 Å². The van der Waals surface area contributed by atoms with Gasteiger partial charge in [-0.05, 0) is 53.1 Å². The van der Waals surface area contributed by atoms with Crippen LogP contribution >= 0.6 is 0 Å². The number of rotatable bonds is 5. The Morgan fingerprint density at radius 2 is 1.46 bits per heavy atom. The zero-order valence-corrected chi connectivity index (χ0v) is 21.1. The normalized spacial score (nSPS) is 15.6. The quantitative estimate of drug-likeness (QED) is 0.375. The maximum atomic E-state index is 14.2. The Hall–Kier alpha value is -4.45. The van der Waals surface area contributed by atoms with Gasteiger partial charge < -0.3 is 10.2 Å². The molecule has 0 spiro atoms. The first-order chi connectivity index (χ1) is 17.9. The van der Waals surface area contributed by atoms with Crippen LogP contribution in [0.4, 0.5) is 17.1 Å². The third kappa shape index (κ3) is 4.47. The van der Waals surface area contributed by atoms with Gasteiger partial charge in [0.25, 0.3) is 11.8 Å². The van der Waals surface area contributed by atoms with Crippen molar-refractivity contribution in [3.05, 3.63) is 102 Å². The summed E-state index contributed by atoms with van der Waals surface area (Å²) in [5.41, 5.74) is 3.86. The van der Waals surface area contributed by atoms with Gasteiger partial charge in [0.1, 0.15) is 0 Å². The second-order valence-corrected chi connectivity index (χ2v) is 9.60. The lowest BCUT2D eigenvalue weighted by atomic mass is 9.99. The fraction of sp³-hybridized carbons (Fsp3) is 0.194. The molecule has 186 valence electrons. The predicted octanol–water partition coefficient (Wildman–Crippen LogP) is 5.50. The molecule has 37 heavy (non-hydrogen) atoms. The van der Waals surface area contributed by atoms with Crippen LogP contribution < -0.4 is 15.1 Å². The molecule has 0 aliphatic carbocycles. The van der Waals surface area contributed by atoms with Gasteiger partial charge in [-0.2, -0.15) is 0 Å². The topological polar surface area (TPSA) is 69.7 Å². The largest absolute Gasteiger partial charge is 0.336 e. The van der Waals surface area contributed by atoms with Crippen molar-refractivity contribution in [1.82, 2.24) is 5.32 Å². The highest BCUT2D eigenvalue weighted by Gasteiger charge is 2.42. The van der Waals surface area contributed by atoms with Gasteiger partial charge in [-0.15, -0.1) is 0 Å². The van der Waals surface area contributed by atoms with Crippen molar-refractivity contribution < 1.29 is 14.4 Å². The molecular formula is C31H29N3O3. The highest BCUT2D eigenvalue weighted by atomic mass is 16.2. The zero-order valence-electron chi connectivity index (χ0n) is 21.1. The monoisotopic (exact) mass is 491 g/mol. The van der Waals surface area contributed by atoms with Crippen LogP contribution in [-0.2, 0) is 20.9 Å². The van der Waals surface area contributed by atoms with Crippen molar-refractivity contribution >= 4 is 45.6 Å². The molecule has 6 heteroatoms. The number of hydrogen-bond donors (Lipinski definition) is 1. The molecule has 1 heterocycles. The predicted molar refractivity (Wildman–Crippen MR) is 147 cm³/mol. The molecule has 4 aromatic rings. The van der Waals surface area contributed by atoms with E-state index in [2.05, 4.69) is 11.4 Å². The molecular weight excluding hydrogens is 462 g/mol. The Balaban J connectivity index is 1.70. The van der Waals surface area contributed by atoms with E-state index in [0.29, 0.717) is 17.1 Å². The van der Waals surface area contributed by atoms with E-state index >= 15 is 0 Å². The molecule has 6 nitrogen and oxygen atoms in total. The SMILES string of the molecule is Cc1ccc2ccccc2c1CN1C(=O)C(NC(=O)C(C)C)C(=O)N(c2ccccc2)c2ccccc21. The molecule has 3 amide bonds. The zero-order chi connectivity index (χ0) is 26.1. The second-order valence-electron chi connectivity index (χ2n) is 9.60. The van der Waals surface area contributed by atoms with Gasteiger partial charge in [0.15, 0.2) is 6.04 Å². The fourth-order valence-electron chi connectivity index (χ4n) is 4.76. The molecule has 0 fully saturated rings. The summed E-state index contributed by atoms with van der Waals surface area (Å²) in [6.07, 6.45) is 0. The molecule has 1 unspecified atom stereocenters. The van der Waals surface area contributed by atoms with E-state index in [-0.39, 0.29) is 18.4 Å². The van der Waals surface area contributed by atoms with Crippen LogP contribution in [-0.4, -0.2) is 23.8 Å². The lowest BCUT2D eigenvalue weighted by Crippen LogP contribution is -2.55. The Morgan fingerprint density at radius 3 is 2.19 bits per heavy atom. The highest BCUT2D eigenvalue weighted by Crippen LogP contribution is 2.39. The van der Waals surface area contributed by atoms with Crippen LogP contribution in [0, 0.1) is 12.8 Å². The summed E-state index contributed by atoms with van der Waals surface area (Å²) >= 11 is 0. The first kappa shape index (κ1) is 24.3. The van der Waals surface area contributed by atoms with E-state index in [4.69, 9.17) is 0 Å². The summed E-state index contributed by atoms with van der Waals surface area (Å²) in [7, 11) is 0. The minimum absolute atomic E-state index is 0.257. The first-order valence-corrected chi connectivity index (χ1v) is 12.4. The molecule has 1 aliphatic rings. The lowest BCUT2D eigenvalue weighted by Gasteiger charge is -2.26. The number of aryl methyl sites for hydroxylation is 1. The second kappa shape index (κ2) is 9.90. The molecule has 0 radical (unpaired) electrons. The summed E-state index contributed by atoms with van der Waals surface area (Å²) in [6.45, 7) is 5.76. The number of anilines is 3.